The van der Waals surface area contributed by atoms with Gasteiger partial charge in [-0.3, -0.25) is 4.72 Å². The van der Waals surface area contributed by atoms with Crippen molar-refractivity contribution in [2.45, 2.75) is 57.6 Å². The molecule has 0 atom stereocenters. The van der Waals surface area contributed by atoms with Gasteiger partial charge in [0.15, 0.2) is 0 Å². The predicted octanol–water partition coefficient (Wildman–Crippen LogP) is 4.28. The minimum absolute atomic E-state index is 0.0537. The van der Waals surface area contributed by atoms with Gasteiger partial charge in [-0.2, -0.15) is 0 Å². The predicted molar refractivity (Wildman–Crippen MR) is 134 cm³/mol. The van der Waals surface area contributed by atoms with Crippen LogP contribution in [0.15, 0.2) is 47.4 Å². The third-order valence-corrected chi connectivity index (χ3v) is 6.29. The number of hydrogen-bond acceptors (Lipinski definition) is 5. The second-order valence-electron chi connectivity index (χ2n) is 9.42. The number of rotatable bonds is 8. The monoisotopic (exact) mass is 476 g/mol. The van der Waals surface area contributed by atoms with Gasteiger partial charge in [0.1, 0.15) is 5.75 Å². The average Bonchev–Trinajstić information content (AvgIpc) is 2.70. The summed E-state index contributed by atoms with van der Waals surface area (Å²) in [6.07, 6.45) is 0. The molecule has 0 heterocycles. The van der Waals surface area contributed by atoms with Crippen LogP contribution in [0, 0.1) is 0 Å². The normalized spacial score (nSPS) is 11.8. The maximum Gasteiger partial charge on any atom is 0.318 e. The van der Waals surface area contributed by atoms with Crippen molar-refractivity contribution in [2.24, 2.45) is 0 Å². The molecule has 182 valence electrons. The number of benzene rings is 2. The van der Waals surface area contributed by atoms with E-state index in [2.05, 4.69) is 10.0 Å². The maximum absolute atomic E-state index is 12.9. The molecule has 8 nitrogen and oxygen atoms in total. The molecule has 2 rings (SSSR count). The first kappa shape index (κ1) is 26.3. The fourth-order valence-corrected chi connectivity index (χ4v) is 4.30. The van der Waals surface area contributed by atoms with Crippen molar-refractivity contribution in [3.8, 4) is 5.75 Å². The number of amides is 2. The second kappa shape index (κ2) is 10.3. The molecule has 2 amide bonds. The highest BCUT2D eigenvalue weighted by Gasteiger charge is 2.24. The van der Waals surface area contributed by atoms with E-state index in [1.807, 2.05) is 59.7 Å². The van der Waals surface area contributed by atoms with Gasteiger partial charge in [-0.15, -0.1) is 0 Å². The van der Waals surface area contributed by atoms with Crippen LogP contribution < -0.4 is 19.7 Å². The first-order valence-corrected chi connectivity index (χ1v) is 12.3. The number of nitrogens with one attached hydrogen (secondary N) is 2. The first-order valence-electron chi connectivity index (χ1n) is 10.8. The van der Waals surface area contributed by atoms with Crippen molar-refractivity contribution in [1.29, 1.82) is 0 Å². The van der Waals surface area contributed by atoms with Crippen LogP contribution in [0.5, 0.6) is 5.75 Å². The Hall–Kier alpha value is -2.94. The minimum Gasteiger partial charge on any atom is -0.497 e. The fourth-order valence-electron chi connectivity index (χ4n) is 3.25. The van der Waals surface area contributed by atoms with E-state index < -0.39 is 10.0 Å². The third kappa shape index (κ3) is 7.28. The van der Waals surface area contributed by atoms with Gasteiger partial charge < -0.3 is 19.9 Å². The summed E-state index contributed by atoms with van der Waals surface area (Å²) in [4.78, 5) is 16.7. The Bertz CT molecular complexity index is 1060. The van der Waals surface area contributed by atoms with Crippen LogP contribution in [0.2, 0.25) is 0 Å². The number of anilines is 2. The molecule has 0 fully saturated rings. The number of nitrogens with zero attached hydrogens (tertiary/aromatic N) is 2. The van der Waals surface area contributed by atoms with Crippen LogP contribution in [-0.4, -0.2) is 52.1 Å². The lowest BCUT2D eigenvalue weighted by atomic mass is 10.1. The molecule has 9 heteroatoms. The van der Waals surface area contributed by atoms with Gasteiger partial charge in [-0.25, -0.2) is 13.2 Å². The largest absolute Gasteiger partial charge is 0.497 e. The molecule has 0 aliphatic heterocycles. The standard InChI is InChI=1S/C24H36N4O4S/c1-17(2)28(23(29)25-24(3,4)5)16-18-15-19(9-14-22(18)27(6)7)26-33(30,31)21-12-10-20(32-8)11-13-21/h9-15,17,26H,16H2,1-8H3,(H,25,29). The van der Waals surface area contributed by atoms with Crippen LogP contribution in [0.25, 0.3) is 0 Å². The van der Waals surface area contributed by atoms with E-state index in [-0.39, 0.29) is 22.5 Å². The topological polar surface area (TPSA) is 91.0 Å². The zero-order valence-electron chi connectivity index (χ0n) is 20.8. The Morgan fingerprint density at radius 1 is 1.06 bits per heavy atom. The summed E-state index contributed by atoms with van der Waals surface area (Å²) in [5.41, 5.74) is 1.78. The molecule has 2 N–H and O–H groups in total. The second-order valence-corrected chi connectivity index (χ2v) is 11.1. The molecular weight excluding hydrogens is 440 g/mol. The number of hydrogen-bond donors (Lipinski definition) is 2. The molecule has 2 aromatic rings. The number of carbonyl (C=O) groups is 1. The van der Waals surface area contributed by atoms with Gasteiger partial charge >= 0.3 is 6.03 Å². The van der Waals surface area contributed by atoms with E-state index in [0.29, 0.717) is 18.0 Å². The molecule has 0 aliphatic rings. The lowest BCUT2D eigenvalue weighted by Gasteiger charge is -2.32. The number of ether oxygens (including phenoxy) is 1. The molecule has 0 bridgehead atoms. The van der Waals surface area contributed by atoms with Crippen LogP contribution >= 0.6 is 0 Å². The zero-order chi connectivity index (χ0) is 25.0. The Labute approximate surface area is 198 Å². The number of methoxy groups -OCH3 is 1. The highest BCUT2D eigenvalue weighted by Crippen LogP contribution is 2.27. The zero-order valence-corrected chi connectivity index (χ0v) is 21.6. The molecular formula is C24H36N4O4S. The Kier molecular flexibility index (Phi) is 8.24. The van der Waals surface area contributed by atoms with E-state index in [4.69, 9.17) is 4.74 Å². The highest BCUT2D eigenvalue weighted by molar-refractivity contribution is 7.92. The Balaban J connectivity index is 2.37. The molecule has 0 saturated carbocycles. The summed E-state index contributed by atoms with van der Waals surface area (Å²) in [6, 6.07) is 11.3. The van der Waals surface area contributed by atoms with E-state index in [9.17, 15) is 13.2 Å². The Morgan fingerprint density at radius 3 is 2.15 bits per heavy atom. The Morgan fingerprint density at radius 2 is 1.67 bits per heavy atom. The smallest absolute Gasteiger partial charge is 0.318 e. The van der Waals surface area contributed by atoms with Gasteiger partial charge in [0, 0.05) is 43.6 Å². The molecule has 2 aromatic carbocycles. The van der Waals surface area contributed by atoms with Crippen molar-refractivity contribution in [3.63, 3.8) is 0 Å². The number of sulfonamides is 1. The van der Waals surface area contributed by atoms with Gasteiger partial charge in [0.2, 0.25) is 0 Å². The molecule has 0 aliphatic carbocycles. The maximum atomic E-state index is 12.9. The minimum atomic E-state index is -3.79. The van der Waals surface area contributed by atoms with Gasteiger partial charge in [-0.1, -0.05) is 0 Å². The van der Waals surface area contributed by atoms with Crippen LogP contribution in [0.3, 0.4) is 0 Å². The van der Waals surface area contributed by atoms with Crippen molar-refractivity contribution in [3.05, 3.63) is 48.0 Å². The van der Waals surface area contributed by atoms with Gasteiger partial charge in [0.25, 0.3) is 10.0 Å². The third-order valence-electron chi connectivity index (χ3n) is 4.89. The van der Waals surface area contributed by atoms with Gasteiger partial charge in [0.05, 0.1) is 12.0 Å². The molecule has 0 aromatic heterocycles. The molecule has 0 unspecified atom stereocenters. The van der Waals surface area contributed by atoms with E-state index in [0.717, 1.165) is 11.3 Å². The molecule has 0 saturated heterocycles. The molecule has 0 radical (unpaired) electrons. The summed E-state index contributed by atoms with van der Waals surface area (Å²) in [5, 5.41) is 3.00. The quantitative estimate of drug-likeness (QED) is 0.593. The summed E-state index contributed by atoms with van der Waals surface area (Å²) < 4.78 is 33.5. The number of urea groups is 1. The van der Waals surface area contributed by atoms with E-state index >= 15 is 0 Å². The summed E-state index contributed by atoms with van der Waals surface area (Å²) >= 11 is 0. The molecule has 33 heavy (non-hydrogen) atoms. The van der Waals surface area contributed by atoms with Crippen molar-refractivity contribution in [2.75, 3.05) is 30.8 Å². The lowest BCUT2D eigenvalue weighted by Crippen LogP contribution is -2.50. The van der Waals surface area contributed by atoms with Crippen molar-refractivity contribution in [1.82, 2.24) is 10.2 Å². The van der Waals surface area contributed by atoms with Crippen LogP contribution in [0.4, 0.5) is 16.2 Å². The lowest BCUT2D eigenvalue weighted by molar-refractivity contribution is 0.171. The first-order chi connectivity index (χ1) is 15.2. The summed E-state index contributed by atoms with van der Waals surface area (Å²) in [5.74, 6) is 0.578. The SMILES string of the molecule is COc1ccc(S(=O)(=O)Nc2ccc(N(C)C)c(CN(C(=O)NC(C)(C)C)C(C)C)c2)cc1. The summed E-state index contributed by atoms with van der Waals surface area (Å²) in [6.45, 7) is 10.0. The van der Waals surface area contributed by atoms with Crippen LogP contribution in [-0.2, 0) is 16.6 Å². The average molecular weight is 477 g/mol. The van der Waals surface area contributed by atoms with E-state index in [1.54, 1.807) is 29.2 Å². The van der Waals surface area contributed by atoms with Crippen LogP contribution in [0.1, 0.15) is 40.2 Å². The summed E-state index contributed by atoms with van der Waals surface area (Å²) in [7, 11) is 1.56. The van der Waals surface area contributed by atoms with Gasteiger partial charge in [-0.05, 0) is 82.6 Å². The molecule has 0 spiro atoms. The highest BCUT2D eigenvalue weighted by atomic mass is 32.2. The van der Waals surface area contributed by atoms with E-state index in [1.165, 1.54) is 19.2 Å². The van der Waals surface area contributed by atoms with Crippen molar-refractivity contribution < 1.29 is 17.9 Å². The fraction of sp³-hybridized carbons (Fsp3) is 0.458. The van der Waals surface area contributed by atoms with Crippen molar-refractivity contribution >= 4 is 27.4 Å². The number of carbonyl (C=O) groups excluding carboxylic acids is 1.